The Labute approximate surface area is 168 Å². The van der Waals surface area contributed by atoms with Crippen LogP contribution in [-0.4, -0.2) is 44.9 Å². The van der Waals surface area contributed by atoms with E-state index in [9.17, 15) is 0 Å². The topological polar surface area (TPSA) is 30.9 Å². The highest BCUT2D eigenvalue weighted by atomic mass is 28.4. The molecule has 0 radical (unpaired) electrons. The van der Waals surface area contributed by atoms with Gasteiger partial charge in [0.15, 0.2) is 0 Å². The molecule has 158 valence electrons. The third-order valence-electron chi connectivity index (χ3n) is 6.75. The lowest BCUT2D eigenvalue weighted by Gasteiger charge is -2.44. The fraction of sp³-hybridized carbons (Fsp3) is 1.00. The zero-order chi connectivity index (χ0) is 19.0. The van der Waals surface area contributed by atoms with Crippen molar-refractivity contribution in [3.05, 3.63) is 0 Å². The first-order chi connectivity index (χ1) is 13.3. The van der Waals surface area contributed by atoms with E-state index >= 15 is 0 Å². The van der Waals surface area contributed by atoms with E-state index in [-0.39, 0.29) is 0 Å². The van der Waals surface area contributed by atoms with Gasteiger partial charge in [-0.15, -0.1) is 0 Å². The van der Waals surface area contributed by atoms with Gasteiger partial charge in [0.05, 0.1) is 18.3 Å². The number of nitrogens with zero attached hydrogens (tertiary/aromatic N) is 1. The van der Waals surface area contributed by atoms with E-state index < -0.39 is 8.97 Å². The second-order valence-corrected chi connectivity index (χ2v) is 11.2. The molecular weight excluding hydrogens is 354 g/mol. The lowest BCUT2D eigenvalue weighted by atomic mass is 9.98. The summed E-state index contributed by atoms with van der Waals surface area (Å²) in [6.07, 6.45) is 19.9. The summed E-state index contributed by atoms with van der Waals surface area (Å²) in [7, 11) is -2.85. The van der Waals surface area contributed by atoms with Gasteiger partial charge >= 0.3 is 8.97 Å². The highest BCUT2D eigenvalue weighted by molar-refractivity contribution is 6.57. The first-order valence-corrected chi connectivity index (χ1v) is 13.7. The Morgan fingerprint density at radius 1 is 0.556 bits per heavy atom. The van der Waals surface area contributed by atoms with Crippen molar-refractivity contribution in [1.82, 2.24) is 4.57 Å². The molecule has 0 aliphatic heterocycles. The predicted molar refractivity (Wildman–Crippen MR) is 113 cm³/mol. The first-order valence-electron chi connectivity index (χ1n) is 12.0. The van der Waals surface area contributed by atoms with E-state index in [1.807, 2.05) is 0 Å². The molecule has 0 saturated heterocycles. The smallest absolute Gasteiger partial charge is 0.358 e. The fourth-order valence-corrected chi connectivity index (χ4v) is 8.46. The molecule has 27 heavy (non-hydrogen) atoms. The summed E-state index contributed by atoms with van der Waals surface area (Å²) < 4.78 is 23.3. The summed E-state index contributed by atoms with van der Waals surface area (Å²) in [6.45, 7) is 6.39. The molecule has 5 heteroatoms. The SMILES string of the molecule is CCN(CC)[Si](OC1CCCCC1)(OC1CCCCC1)OC1CCCCC1. The minimum Gasteiger partial charge on any atom is -0.358 e. The molecule has 3 aliphatic carbocycles. The van der Waals surface area contributed by atoms with Crippen LogP contribution in [0.4, 0.5) is 0 Å². The Bertz CT molecular complexity index is 350. The lowest BCUT2D eigenvalue weighted by Crippen LogP contribution is -2.65. The molecule has 0 bridgehead atoms. The molecule has 0 unspecified atom stereocenters. The van der Waals surface area contributed by atoms with Crippen LogP contribution in [0.15, 0.2) is 0 Å². The highest BCUT2D eigenvalue weighted by Gasteiger charge is 2.53. The molecule has 4 nitrogen and oxygen atoms in total. The van der Waals surface area contributed by atoms with Gasteiger partial charge in [0.25, 0.3) is 0 Å². The van der Waals surface area contributed by atoms with E-state index in [0.717, 1.165) is 13.1 Å². The molecule has 0 atom stereocenters. The summed E-state index contributed by atoms with van der Waals surface area (Å²) in [5.41, 5.74) is 0. The van der Waals surface area contributed by atoms with Crippen LogP contribution in [0.2, 0.25) is 0 Å². The maximum Gasteiger partial charge on any atom is 0.600 e. The van der Waals surface area contributed by atoms with Crippen molar-refractivity contribution in [1.29, 1.82) is 0 Å². The van der Waals surface area contributed by atoms with Crippen LogP contribution in [0.5, 0.6) is 0 Å². The Balaban J connectivity index is 1.80. The van der Waals surface area contributed by atoms with Crippen molar-refractivity contribution in [2.45, 2.75) is 128 Å². The molecule has 0 N–H and O–H groups in total. The second kappa shape index (κ2) is 11.3. The maximum absolute atomic E-state index is 6.95. The third kappa shape index (κ3) is 6.27. The average Bonchev–Trinajstić information content (AvgIpc) is 2.71. The molecule has 3 aliphatic rings. The monoisotopic (exact) mass is 397 g/mol. The summed E-state index contributed by atoms with van der Waals surface area (Å²) in [5, 5.41) is 0. The Kier molecular flexibility index (Phi) is 9.10. The van der Waals surface area contributed by atoms with Gasteiger partial charge in [-0.25, -0.2) is 0 Å². The molecular formula is C22H43NO3Si. The number of rotatable bonds is 9. The van der Waals surface area contributed by atoms with Crippen molar-refractivity contribution < 1.29 is 13.3 Å². The van der Waals surface area contributed by atoms with E-state index in [1.165, 1.54) is 96.3 Å². The standard InChI is InChI=1S/C22H43NO3Si/c1-3-23(4-2)27(24-20-14-8-5-9-15-20,25-21-16-10-6-11-17-21)26-22-18-12-7-13-19-22/h20-22H,3-19H2,1-2H3. The van der Waals surface area contributed by atoms with Crippen molar-refractivity contribution in [3.63, 3.8) is 0 Å². The minimum atomic E-state index is -2.85. The average molecular weight is 398 g/mol. The molecule has 0 spiro atoms. The van der Waals surface area contributed by atoms with Crippen molar-refractivity contribution in [2.75, 3.05) is 13.1 Å². The van der Waals surface area contributed by atoms with Crippen LogP contribution in [0.1, 0.15) is 110 Å². The lowest BCUT2D eigenvalue weighted by molar-refractivity contribution is -0.0735. The minimum absolute atomic E-state index is 0.332. The normalized spacial score (nSPS) is 24.6. The molecule has 0 aromatic rings. The summed E-state index contributed by atoms with van der Waals surface area (Å²) in [6, 6.07) is 0. The summed E-state index contributed by atoms with van der Waals surface area (Å²) >= 11 is 0. The van der Waals surface area contributed by atoms with Gasteiger partial charge in [-0.1, -0.05) is 71.6 Å². The Hall–Kier alpha value is 0.0569. The zero-order valence-electron chi connectivity index (χ0n) is 17.9. The van der Waals surface area contributed by atoms with Crippen LogP contribution in [-0.2, 0) is 13.3 Å². The molecule has 0 amide bonds. The number of hydrogen-bond acceptors (Lipinski definition) is 4. The quantitative estimate of drug-likeness (QED) is 0.459. The van der Waals surface area contributed by atoms with E-state index in [4.69, 9.17) is 13.3 Å². The second-order valence-electron chi connectivity index (χ2n) is 8.83. The van der Waals surface area contributed by atoms with Crippen LogP contribution < -0.4 is 0 Å². The van der Waals surface area contributed by atoms with Gasteiger partial charge in [-0.2, -0.15) is 0 Å². The molecule has 3 saturated carbocycles. The van der Waals surface area contributed by atoms with Gasteiger partial charge in [0.1, 0.15) is 0 Å². The number of hydrogen-bond donors (Lipinski definition) is 0. The predicted octanol–water partition coefficient (Wildman–Crippen LogP) is 5.81. The van der Waals surface area contributed by atoms with Gasteiger partial charge in [-0.3, -0.25) is 4.57 Å². The van der Waals surface area contributed by atoms with Gasteiger partial charge in [-0.05, 0) is 51.6 Å². The first kappa shape index (κ1) is 21.8. The van der Waals surface area contributed by atoms with Crippen LogP contribution in [0.25, 0.3) is 0 Å². The van der Waals surface area contributed by atoms with E-state index in [1.54, 1.807) is 0 Å². The van der Waals surface area contributed by atoms with Crippen LogP contribution in [0, 0.1) is 0 Å². The molecule has 0 aromatic heterocycles. The van der Waals surface area contributed by atoms with Crippen molar-refractivity contribution >= 4 is 8.97 Å². The summed E-state index contributed by atoms with van der Waals surface area (Å²) in [5.74, 6) is 0. The van der Waals surface area contributed by atoms with Gasteiger partial charge < -0.3 is 13.3 Å². The van der Waals surface area contributed by atoms with E-state index in [2.05, 4.69) is 18.4 Å². The van der Waals surface area contributed by atoms with E-state index in [0.29, 0.717) is 18.3 Å². The van der Waals surface area contributed by atoms with Gasteiger partial charge in [0, 0.05) is 0 Å². The van der Waals surface area contributed by atoms with Crippen molar-refractivity contribution in [2.24, 2.45) is 0 Å². The molecule has 3 rings (SSSR count). The van der Waals surface area contributed by atoms with Crippen LogP contribution >= 0.6 is 0 Å². The largest absolute Gasteiger partial charge is 0.600 e. The van der Waals surface area contributed by atoms with Gasteiger partial charge in [0.2, 0.25) is 0 Å². The molecule has 3 fully saturated rings. The molecule has 0 aromatic carbocycles. The highest BCUT2D eigenvalue weighted by Crippen LogP contribution is 2.33. The summed E-state index contributed by atoms with van der Waals surface area (Å²) in [4.78, 5) is 0. The third-order valence-corrected chi connectivity index (χ3v) is 10.1. The zero-order valence-corrected chi connectivity index (χ0v) is 18.9. The van der Waals surface area contributed by atoms with Crippen molar-refractivity contribution in [3.8, 4) is 0 Å². The Morgan fingerprint density at radius 2 is 0.852 bits per heavy atom. The maximum atomic E-state index is 6.95. The Morgan fingerprint density at radius 3 is 1.11 bits per heavy atom. The van der Waals surface area contributed by atoms with Crippen LogP contribution in [0.3, 0.4) is 0 Å². The molecule has 0 heterocycles. The fourth-order valence-electron chi connectivity index (χ4n) is 5.10.